The Bertz CT molecular complexity index is 1270. The number of aromatic nitrogens is 2. The highest BCUT2D eigenvalue weighted by atomic mass is 32.2. The summed E-state index contributed by atoms with van der Waals surface area (Å²) < 4.78 is 26.3. The van der Waals surface area contributed by atoms with Crippen LogP contribution in [0.15, 0.2) is 35.4 Å². The SMILES string of the molecule is CC1=NN([C@@H]2CCS(=O)(=O)C2)C(=O)[C@@]12Cc1c(C)nn(-c3ccccc3)c1N1CCCC[C@@H]12. The highest BCUT2D eigenvalue weighted by Gasteiger charge is 2.61. The summed E-state index contributed by atoms with van der Waals surface area (Å²) in [6, 6.07) is 9.79. The Labute approximate surface area is 194 Å². The molecule has 8 nitrogen and oxygen atoms in total. The fourth-order valence-electron chi connectivity index (χ4n) is 6.35. The summed E-state index contributed by atoms with van der Waals surface area (Å²) in [5.41, 5.74) is 3.10. The molecule has 6 rings (SSSR count). The molecule has 0 saturated carbocycles. The third-order valence-corrected chi connectivity index (χ3v) is 9.76. The van der Waals surface area contributed by atoms with Gasteiger partial charge in [-0.25, -0.2) is 18.1 Å². The van der Waals surface area contributed by atoms with Gasteiger partial charge in [0, 0.05) is 12.1 Å². The molecule has 9 heteroatoms. The van der Waals surface area contributed by atoms with Crippen LogP contribution in [-0.2, 0) is 21.1 Å². The quantitative estimate of drug-likeness (QED) is 0.677. The van der Waals surface area contributed by atoms with E-state index in [9.17, 15) is 13.2 Å². The van der Waals surface area contributed by atoms with Crippen LogP contribution in [0.25, 0.3) is 5.69 Å². The maximum absolute atomic E-state index is 14.1. The second-order valence-electron chi connectivity index (χ2n) is 9.88. The topological polar surface area (TPSA) is 87.9 Å². The number of amides is 1. The van der Waals surface area contributed by atoms with Crippen LogP contribution < -0.4 is 4.90 Å². The van der Waals surface area contributed by atoms with Crippen molar-refractivity contribution in [2.24, 2.45) is 10.5 Å². The number of para-hydroxylation sites is 1. The van der Waals surface area contributed by atoms with Crippen molar-refractivity contribution in [3.63, 3.8) is 0 Å². The van der Waals surface area contributed by atoms with Crippen LogP contribution in [-0.4, -0.2) is 65.0 Å². The number of hydrogen-bond acceptors (Lipinski definition) is 6. The molecule has 0 radical (unpaired) electrons. The van der Waals surface area contributed by atoms with Crippen molar-refractivity contribution in [1.29, 1.82) is 0 Å². The van der Waals surface area contributed by atoms with Crippen LogP contribution in [0.2, 0.25) is 0 Å². The molecule has 4 aliphatic rings. The second kappa shape index (κ2) is 7.16. The van der Waals surface area contributed by atoms with Gasteiger partial charge < -0.3 is 4.90 Å². The molecular weight excluding hydrogens is 438 g/mol. The number of anilines is 1. The Morgan fingerprint density at radius 1 is 1.09 bits per heavy atom. The van der Waals surface area contributed by atoms with Gasteiger partial charge in [0.2, 0.25) is 0 Å². The lowest BCUT2D eigenvalue weighted by Crippen LogP contribution is -2.62. The van der Waals surface area contributed by atoms with Gasteiger partial charge in [0.05, 0.1) is 40.7 Å². The first-order valence-electron chi connectivity index (χ1n) is 11.8. The molecule has 0 bridgehead atoms. The number of piperidine rings is 1. The van der Waals surface area contributed by atoms with Crippen LogP contribution >= 0.6 is 0 Å². The van der Waals surface area contributed by atoms with E-state index >= 15 is 0 Å². The highest BCUT2D eigenvalue weighted by molar-refractivity contribution is 7.91. The van der Waals surface area contributed by atoms with Crippen LogP contribution in [0.1, 0.15) is 43.9 Å². The predicted octanol–water partition coefficient (Wildman–Crippen LogP) is 2.49. The molecule has 2 saturated heterocycles. The van der Waals surface area contributed by atoms with E-state index in [1.54, 1.807) is 0 Å². The summed E-state index contributed by atoms with van der Waals surface area (Å²) in [4.78, 5) is 16.5. The third kappa shape index (κ3) is 2.94. The van der Waals surface area contributed by atoms with Crippen LogP contribution in [0.3, 0.4) is 0 Å². The van der Waals surface area contributed by atoms with Crippen molar-refractivity contribution in [2.75, 3.05) is 23.0 Å². The van der Waals surface area contributed by atoms with Gasteiger partial charge >= 0.3 is 0 Å². The summed E-state index contributed by atoms with van der Waals surface area (Å²) in [6.07, 6.45) is 4.07. The van der Waals surface area contributed by atoms with E-state index in [1.807, 2.05) is 36.7 Å². The van der Waals surface area contributed by atoms with E-state index < -0.39 is 15.3 Å². The summed E-state index contributed by atoms with van der Waals surface area (Å²) in [7, 11) is -3.11. The molecule has 0 unspecified atom stereocenters. The second-order valence-corrected chi connectivity index (χ2v) is 12.1. The number of hydrazone groups is 1. The summed E-state index contributed by atoms with van der Waals surface area (Å²) >= 11 is 0. The lowest BCUT2D eigenvalue weighted by molar-refractivity contribution is -0.139. The number of sulfone groups is 1. The van der Waals surface area contributed by atoms with Crippen molar-refractivity contribution in [3.8, 4) is 5.69 Å². The molecule has 1 spiro atoms. The number of hydrogen-bond donors (Lipinski definition) is 0. The molecule has 1 aromatic heterocycles. The highest BCUT2D eigenvalue weighted by Crippen LogP contribution is 2.51. The van der Waals surface area contributed by atoms with E-state index in [-0.39, 0.29) is 29.5 Å². The molecular formula is C24H29N5O3S. The standard InChI is InChI=1S/C24H29N5O3S/c1-16-20-14-24(17(2)26-29(23(24)30)19-11-13-33(31,32)15-19)21-10-6-7-12-27(21)22(20)28(25-16)18-8-4-3-5-9-18/h3-5,8-9,19,21H,6-7,10-15H2,1-2H3/t19-,21-,24+/m1/s1. The van der Waals surface area contributed by atoms with Gasteiger partial charge in [0.1, 0.15) is 11.2 Å². The van der Waals surface area contributed by atoms with E-state index in [1.165, 1.54) is 5.01 Å². The van der Waals surface area contributed by atoms with Crippen LogP contribution in [0, 0.1) is 12.3 Å². The summed E-state index contributed by atoms with van der Waals surface area (Å²) in [6.45, 7) is 4.84. The zero-order valence-electron chi connectivity index (χ0n) is 19.1. The Balaban J connectivity index is 1.47. The lowest BCUT2D eigenvalue weighted by Gasteiger charge is -2.50. The van der Waals surface area contributed by atoms with Crippen molar-refractivity contribution in [3.05, 3.63) is 41.6 Å². The number of aryl methyl sites for hydroxylation is 1. The normalized spacial score (nSPS) is 30.5. The number of fused-ring (bicyclic) bond motifs is 4. The van der Waals surface area contributed by atoms with Gasteiger partial charge in [-0.05, 0) is 58.1 Å². The average Bonchev–Trinajstić information content (AvgIpc) is 3.42. The zero-order chi connectivity index (χ0) is 23.0. The van der Waals surface area contributed by atoms with Crippen LogP contribution in [0.5, 0.6) is 0 Å². The minimum atomic E-state index is -3.11. The van der Waals surface area contributed by atoms with Gasteiger partial charge in [-0.1, -0.05) is 18.2 Å². The number of carbonyl (C=O) groups excluding carboxylic acids is 1. The Kier molecular flexibility index (Phi) is 4.53. The van der Waals surface area contributed by atoms with E-state index in [2.05, 4.69) is 17.0 Å². The fraction of sp³-hybridized carbons (Fsp3) is 0.542. The van der Waals surface area contributed by atoms with Crippen molar-refractivity contribution in [1.82, 2.24) is 14.8 Å². The molecule has 4 aliphatic heterocycles. The molecule has 33 heavy (non-hydrogen) atoms. The number of nitrogens with zero attached hydrogens (tertiary/aromatic N) is 5. The van der Waals surface area contributed by atoms with Crippen LogP contribution in [0.4, 0.5) is 5.82 Å². The molecule has 0 N–H and O–H groups in total. The van der Waals surface area contributed by atoms with Gasteiger partial charge in [-0.2, -0.15) is 10.2 Å². The Hall–Kier alpha value is -2.68. The van der Waals surface area contributed by atoms with E-state index in [0.29, 0.717) is 12.8 Å². The van der Waals surface area contributed by atoms with Gasteiger partial charge in [0.25, 0.3) is 5.91 Å². The Morgan fingerprint density at radius 3 is 2.61 bits per heavy atom. The average molecular weight is 468 g/mol. The molecule has 3 atom stereocenters. The zero-order valence-corrected chi connectivity index (χ0v) is 19.9. The van der Waals surface area contributed by atoms with E-state index in [4.69, 9.17) is 10.2 Å². The van der Waals surface area contributed by atoms with Crippen molar-refractivity contribution >= 4 is 27.3 Å². The van der Waals surface area contributed by atoms with Crippen molar-refractivity contribution < 1.29 is 13.2 Å². The van der Waals surface area contributed by atoms with Crippen molar-refractivity contribution in [2.45, 2.75) is 58.0 Å². The summed E-state index contributed by atoms with van der Waals surface area (Å²) in [5, 5.41) is 11.2. The maximum atomic E-state index is 14.1. The largest absolute Gasteiger partial charge is 0.352 e. The van der Waals surface area contributed by atoms with Gasteiger partial charge in [-0.3, -0.25) is 4.79 Å². The molecule has 5 heterocycles. The minimum absolute atomic E-state index is 0.00317. The number of benzene rings is 1. The first-order chi connectivity index (χ1) is 15.8. The smallest absolute Gasteiger partial charge is 0.257 e. The first-order valence-corrected chi connectivity index (χ1v) is 13.6. The fourth-order valence-corrected chi connectivity index (χ4v) is 8.04. The monoisotopic (exact) mass is 467 g/mol. The molecule has 0 aliphatic carbocycles. The maximum Gasteiger partial charge on any atom is 0.257 e. The van der Waals surface area contributed by atoms with Gasteiger partial charge in [-0.15, -0.1) is 0 Å². The minimum Gasteiger partial charge on any atom is -0.352 e. The molecule has 2 fully saturated rings. The number of carbonyl (C=O) groups is 1. The molecule has 1 amide bonds. The predicted molar refractivity (Wildman–Crippen MR) is 126 cm³/mol. The Morgan fingerprint density at radius 2 is 1.88 bits per heavy atom. The molecule has 174 valence electrons. The van der Waals surface area contributed by atoms with Gasteiger partial charge in [0.15, 0.2) is 9.84 Å². The molecule has 2 aromatic rings. The molecule has 1 aromatic carbocycles. The number of rotatable bonds is 2. The lowest BCUT2D eigenvalue weighted by atomic mass is 9.66. The summed E-state index contributed by atoms with van der Waals surface area (Å²) in [5.74, 6) is 1.20. The third-order valence-electron chi connectivity index (χ3n) is 8.00. The first kappa shape index (κ1) is 20.9. The van der Waals surface area contributed by atoms with E-state index in [0.717, 1.165) is 54.3 Å².